The quantitative estimate of drug-likeness (QED) is 0.708. The van der Waals surface area contributed by atoms with E-state index in [-0.39, 0.29) is 0 Å². The summed E-state index contributed by atoms with van der Waals surface area (Å²) in [4.78, 5) is 3.86. The third-order valence-electron chi connectivity index (χ3n) is 3.28. The van der Waals surface area contributed by atoms with Crippen molar-refractivity contribution in [1.82, 2.24) is 15.4 Å². The highest BCUT2D eigenvalue weighted by Crippen LogP contribution is 2.28. The van der Waals surface area contributed by atoms with E-state index in [1.165, 1.54) is 0 Å². The van der Waals surface area contributed by atoms with Gasteiger partial charge in [0.05, 0.1) is 13.7 Å². The van der Waals surface area contributed by atoms with Crippen LogP contribution in [0.5, 0.6) is 17.2 Å². The Bertz CT molecular complexity index is 796. The van der Waals surface area contributed by atoms with Crippen LogP contribution < -0.4 is 9.47 Å². The number of H-pyrrole nitrogens is 1. The summed E-state index contributed by atoms with van der Waals surface area (Å²) in [5.74, 6) is 2.24. The Labute approximate surface area is 133 Å². The molecule has 1 N–H and O–H groups in total. The van der Waals surface area contributed by atoms with E-state index in [1.54, 1.807) is 7.11 Å². The van der Waals surface area contributed by atoms with Gasteiger partial charge in [-0.3, -0.25) is 4.99 Å². The van der Waals surface area contributed by atoms with Crippen LogP contribution in [0.1, 0.15) is 5.69 Å². The monoisotopic (exact) mass is 308 g/mol. The second kappa shape index (κ2) is 6.74. The molecule has 0 atom stereocenters. The summed E-state index contributed by atoms with van der Waals surface area (Å²) in [5.41, 5.74) is 2.41. The number of aliphatic imine (C=N–C) groups is 1. The Hall–Kier alpha value is -3.15. The van der Waals surface area contributed by atoms with Crippen LogP contribution in [-0.4, -0.2) is 29.2 Å². The zero-order valence-corrected chi connectivity index (χ0v) is 12.7. The van der Waals surface area contributed by atoms with Gasteiger partial charge in [0, 0.05) is 5.56 Å². The maximum absolute atomic E-state index is 5.87. The minimum atomic E-state index is 0.412. The van der Waals surface area contributed by atoms with Crippen LogP contribution in [0.15, 0.2) is 53.5 Å². The van der Waals surface area contributed by atoms with Crippen molar-refractivity contribution in [3.05, 3.63) is 54.2 Å². The number of rotatable bonds is 6. The summed E-state index contributed by atoms with van der Waals surface area (Å²) in [6.07, 6.45) is 0. The molecule has 0 unspecified atom stereocenters. The van der Waals surface area contributed by atoms with E-state index in [0.717, 1.165) is 28.5 Å². The Balaban J connectivity index is 1.84. The molecule has 0 bridgehead atoms. The van der Waals surface area contributed by atoms with Crippen molar-refractivity contribution >= 4 is 6.72 Å². The summed E-state index contributed by atoms with van der Waals surface area (Å²) in [6.45, 7) is 3.90. The SMILES string of the molecule is C=NCc1n[nH]nc1-c1cccc(Oc2ccc(OC)cc2)c1. The summed E-state index contributed by atoms with van der Waals surface area (Å²) in [6, 6.07) is 15.1. The molecule has 0 fully saturated rings. The Morgan fingerprint density at radius 3 is 2.57 bits per heavy atom. The molecule has 0 spiro atoms. The Morgan fingerprint density at radius 2 is 1.83 bits per heavy atom. The number of benzene rings is 2. The van der Waals surface area contributed by atoms with Crippen molar-refractivity contribution in [2.24, 2.45) is 4.99 Å². The molecule has 0 aliphatic carbocycles. The molecule has 6 nitrogen and oxygen atoms in total. The molecule has 0 amide bonds. The molecule has 0 saturated heterocycles. The molecular formula is C17H16N4O2. The zero-order chi connectivity index (χ0) is 16.1. The summed E-state index contributed by atoms with van der Waals surface area (Å²) < 4.78 is 11.0. The lowest BCUT2D eigenvalue weighted by atomic mass is 10.1. The predicted molar refractivity (Wildman–Crippen MR) is 88.1 cm³/mol. The van der Waals surface area contributed by atoms with E-state index in [9.17, 15) is 0 Å². The van der Waals surface area contributed by atoms with Crippen molar-refractivity contribution in [3.63, 3.8) is 0 Å². The van der Waals surface area contributed by atoms with Crippen LogP contribution in [0, 0.1) is 0 Å². The third kappa shape index (κ3) is 3.37. The average molecular weight is 308 g/mol. The van der Waals surface area contributed by atoms with Gasteiger partial charge in [-0.25, -0.2) is 0 Å². The Morgan fingerprint density at radius 1 is 1.04 bits per heavy atom. The lowest BCUT2D eigenvalue weighted by molar-refractivity contribution is 0.413. The van der Waals surface area contributed by atoms with Gasteiger partial charge in [0.25, 0.3) is 0 Å². The largest absolute Gasteiger partial charge is 0.497 e. The molecule has 0 aliphatic rings. The molecule has 6 heteroatoms. The van der Waals surface area contributed by atoms with Crippen LogP contribution in [0.25, 0.3) is 11.3 Å². The third-order valence-corrected chi connectivity index (χ3v) is 3.28. The van der Waals surface area contributed by atoms with Gasteiger partial charge in [-0.15, -0.1) is 0 Å². The van der Waals surface area contributed by atoms with Gasteiger partial charge in [-0.05, 0) is 43.1 Å². The van der Waals surface area contributed by atoms with Crippen molar-refractivity contribution in [2.45, 2.75) is 6.54 Å². The molecule has 1 aromatic heterocycles. The first kappa shape index (κ1) is 14.8. The van der Waals surface area contributed by atoms with Gasteiger partial charge >= 0.3 is 0 Å². The zero-order valence-electron chi connectivity index (χ0n) is 12.7. The lowest BCUT2D eigenvalue weighted by Crippen LogP contribution is -1.89. The predicted octanol–water partition coefficient (Wildman–Crippen LogP) is 3.47. The van der Waals surface area contributed by atoms with E-state index in [4.69, 9.17) is 9.47 Å². The summed E-state index contributed by atoms with van der Waals surface area (Å²) >= 11 is 0. The maximum Gasteiger partial charge on any atom is 0.128 e. The lowest BCUT2D eigenvalue weighted by Gasteiger charge is -2.08. The molecule has 0 saturated carbocycles. The van der Waals surface area contributed by atoms with Crippen LogP contribution in [0.4, 0.5) is 0 Å². The average Bonchev–Trinajstić information content (AvgIpc) is 3.04. The fourth-order valence-electron chi connectivity index (χ4n) is 2.19. The molecule has 0 radical (unpaired) electrons. The van der Waals surface area contributed by atoms with E-state index in [1.807, 2.05) is 48.5 Å². The van der Waals surface area contributed by atoms with Gasteiger partial charge in [0.1, 0.15) is 28.6 Å². The fourth-order valence-corrected chi connectivity index (χ4v) is 2.19. The number of nitrogens with zero attached hydrogens (tertiary/aromatic N) is 3. The molecule has 116 valence electrons. The van der Waals surface area contributed by atoms with E-state index < -0.39 is 0 Å². The van der Waals surface area contributed by atoms with Crippen LogP contribution >= 0.6 is 0 Å². The topological polar surface area (TPSA) is 72.4 Å². The van der Waals surface area contributed by atoms with Crippen molar-refractivity contribution in [3.8, 4) is 28.5 Å². The molecule has 3 aromatic rings. The first-order chi connectivity index (χ1) is 11.3. The number of aromatic amines is 1. The second-order valence-electron chi connectivity index (χ2n) is 4.81. The van der Waals surface area contributed by atoms with Crippen molar-refractivity contribution < 1.29 is 9.47 Å². The molecule has 23 heavy (non-hydrogen) atoms. The number of hydrogen-bond donors (Lipinski definition) is 1. The van der Waals surface area contributed by atoms with Gasteiger partial charge in [-0.2, -0.15) is 15.4 Å². The van der Waals surface area contributed by atoms with Crippen LogP contribution in [0.2, 0.25) is 0 Å². The highest BCUT2D eigenvalue weighted by atomic mass is 16.5. The number of ether oxygens (including phenoxy) is 2. The number of nitrogens with one attached hydrogen (secondary N) is 1. The first-order valence-corrected chi connectivity index (χ1v) is 7.04. The van der Waals surface area contributed by atoms with Crippen molar-refractivity contribution in [2.75, 3.05) is 7.11 Å². The van der Waals surface area contributed by atoms with Gasteiger partial charge < -0.3 is 9.47 Å². The highest BCUT2D eigenvalue weighted by Gasteiger charge is 2.10. The molecule has 2 aromatic carbocycles. The van der Waals surface area contributed by atoms with Gasteiger partial charge in [0.15, 0.2) is 0 Å². The fraction of sp³-hybridized carbons (Fsp3) is 0.118. The molecule has 3 rings (SSSR count). The van der Waals surface area contributed by atoms with Gasteiger partial charge in [0.2, 0.25) is 0 Å². The van der Waals surface area contributed by atoms with Gasteiger partial charge in [-0.1, -0.05) is 12.1 Å². The minimum absolute atomic E-state index is 0.412. The second-order valence-corrected chi connectivity index (χ2v) is 4.81. The highest BCUT2D eigenvalue weighted by molar-refractivity contribution is 5.63. The normalized spacial score (nSPS) is 10.3. The summed E-state index contributed by atoms with van der Waals surface area (Å²) in [5, 5.41) is 10.9. The number of hydrogen-bond acceptors (Lipinski definition) is 5. The first-order valence-electron chi connectivity index (χ1n) is 7.04. The van der Waals surface area contributed by atoms with E-state index in [2.05, 4.69) is 27.1 Å². The van der Waals surface area contributed by atoms with Crippen LogP contribution in [0.3, 0.4) is 0 Å². The minimum Gasteiger partial charge on any atom is -0.497 e. The van der Waals surface area contributed by atoms with E-state index in [0.29, 0.717) is 12.3 Å². The molecular weight excluding hydrogens is 292 g/mol. The Kier molecular flexibility index (Phi) is 4.33. The van der Waals surface area contributed by atoms with E-state index >= 15 is 0 Å². The number of aromatic nitrogens is 3. The number of methoxy groups -OCH3 is 1. The summed E-state index contributed by atoms with van der Waals surface area (Å²) in [7, 11) is 1.63. The standard InChI is InChI=1S/C17H16N4O2/c1-18-11-16-17(20-21-19-16)12-4-3-5-15(10-12)23-14-8-6-13(22-2)7-9-14/h3-10H,1,11H2,2H3,(H,19,20,21). The molecule has 0 aliphatic heterocycles. The molecule has 1 heterocycles. The smallest absolute Gasteiger partial charge is 0.128 e. The maximum atomic E-state index is 5.87. The van der Waals surface area contributed by atoms with Crippen LogP contribution in [-0.2, 0) is 6.54 Å². The van der Waals surface area contributed by atoms with Crippen molar-refractivity contribution in [1.29, 1.82) is 0 Å².